The number of anilines is 1. The fourth-order valence-electron chi connectivity index (χ4n) is 3.50. The summed E-state index contributed by atoms with van der Waals surface area (Å²) in [5, 5.41) is 5.60. The Morgan fingerprint density at radius 2 is 1.64 bits per heavy atom. The zero-order valence-corrected chi connectivity index (χ0v) is 19.5. The molecule has 33 heavy (non-hydrogen) atoms. The Morgan fingerprint density at radius 1 is 0.939 bits per heavy atom. The van der Waals surface area contributed by atoms with Gasteiger partial charge in [0.25, 0.3) is 5.91 Å². The molecule has 1 saturated heterocycles. The molecule has 3 rings (SSSR count). The number of hydrogen-bond acceptors (Lipinski definition) is 5. The number of hydrogen-bond donors (Lipinski definition) is 2. The van der Waals surface area contributed by atoms with Crippen LogP contribution < -0.4 is 10.6 Å². The second-order valence-electron chi connectivity index (χ2n) is 9.04. The average Bonchev–Trinajstić information content (AvgIpc) is 2.77. The number of piperazine rings is 1. The second-order valence-corrected chi connectivity index (χ2v) is 9.04. The van der Waals surface area contributed by atoms with E-state index in [9.17, 15) is 14.4 Å². The van der Waals surface area contributed by atoms with Crippen molar-refractivity contribution in [2.75, 3.05) is 38.0 Å². The molecule has 0 aromatic heterocycles. The molecule has 176 valence electrons. The minimum atomic E-state index is -0.602. The maximum Gasteiger partial charge on any atom is 0.412 e. The highest BCUT2D eigenvalue weighted by Crippen LogP contribution is 2.16. The summed E-state index contributed by atoms with van der Waals surface area (Å²) in [6.45, 7) is 8.51. The van der Waals surface area contributed by atoms with Crippen LogP contribution in [0.2, 0.25) is 0 Å². The molecule has 8 nitrogen and oxygen atoms in total. The van der Waals surface area contributed by atoms with E-state index in [-0.39, 0.29) is 11.8 Å². The SMILES string of the molecule is CC(C)(C)OC(=O)Nc1cccc(C(=O)N2CCN(CC(=O)NCc3ccccc3)CC2)c1. The standard InChI is InChI=1S/C25H32N4O4/c1-25(2,3)33-24(32)27-21-11-7-10-20(16-21)23(31)29-14-12-28(13-15-29)18-22(30)26-17-19-8-5-4-6-9-19/h4-11,16H,12-15,17-18H2,1-3H3,(H,26,30)(H,27,32). The molecule has 2 aromatic rings. The highest BCUT2D eigenvalue weighted by Gasteiger charge is 2.24. The van der Waals surface area contributed by atoms with Crippen LogP contribution in [0.3, 0.4) is 0 Å². The third-order valence-electron chi connectivity index (χ3n) is 5.11. The van der Waals surface area contributed by atoms with E-state index in [1.165, 1.54) is 0 Å². The Hall–Kier alpha value is -3.39. The molecule has 0 radical (unpaired) electrons. The van der Waals surface area contributed by atoms with Gasteiger partial charge < -0.3 is 15.0 Å². The van der Waals surface area contributed by atoms with Crippen molar-refractivity contribution in [1.29, 1.82) is 0 Å². The molecule has 0 bridgehead atoms. The van der Waals surface area contributed by atoms with Crippen LogP contribution in [-0.2, 0) is 16.1 Å². The normalized spacial score (nSPS) is 14.5. The van der Waals surface area contributed by atoms with Gasteiger partial charge in [-0.05, 0) is 44.5 Å². The molecule has 0 spiro atoms. The van der Waals surface area contributed by atoms with Gasteiger partial charge in [0.2, 0.25) is 5.91 Å². The molecule has 0 atom stereocenters. The van der Waals surface area contributed by atoms with Gasteiger partial charge in [-0.3, -0.25) is 19.8 Å². The van der Waals surface area contributed by atoms with Crippen LogP contribution in [0.4, 0.5) is 10.5 Å². The number of amides is 3. The average molecular weight is 453 g/mol. The summed E-state index contributed by atoms with van der Waals surface area (Å²) in [5.74, 6) is -0.129. The third kappa shape index (κ3) is 7.91. The maximum absolute atomic E-state index is 12.9. The first kappa shape index (κ1) is 24.3. The number of ether oxygens (including phenoxy) is 1. The monoisotopic (exact) mass is 452 g/mol. The van der Waals surface area contributed by atoms with Crippen LogP contribution in [0, 0.1) is 0 Å². The van der Waals surface area contributed by atoms with Crippen LogP contribution in [-0.4, -0.2) is 66.0 Å². The van der Waals surface area contributed by atoms with Crippen LogP contribution >= 0.6 is 0 Å². The molecule has 1 aliphatic heterocycles. The van der Waals surface area contributed by atoms with Crippen LogP contribution in [0.15, 0.2) is 54.6 Å². The van der Waals surface area contributed by atoms with Gasteiger partial charge in [0.1, 0.15) is 5.60 Å². The molecule has 3 amide bonds. The molecule has 0 aliphatic carbocycles. The summed E-state index contributed by atoms with van der Waals surface area (Å²) in [6, 6.07) is 16.6. The van der Waals surface area contributed by atoms with E-state index in [4.69, 9.17) is 4.74 Å². The quantitative estimate of drug-likeness (QED) is 0.703. The lowest BCUT2D eigenvalue weighted by molar-refractivity contribution is -0.122. The molecular weight excluding hydrogens is 420 g/mol. The van der Waals surface area contributed by atoms with Crippen molar-refractivity contribution in [1.82, 2.24) is 15.1 Å². The summed E-state index contributed by atoms with van der Waals surface area (Å²) in [6.07, 6.45) is -0.564. The van der Waals surface area contributed by atoms with Crippen molar-refractivity contribution in [3.8, 4) is 0 Å². The van der Waals surface area contributed by atoms with Gasteiger partial charge in [0.05, 0.1) is 6.54 Å². The Kier molecular flexibility index (Phi) is 8.06. The Labute approximate surface area is 194 Å². The summed E-state index contributed by atoms with van der Waals surface area (Å²) in [7, 11) is 0. The van der Waals surface area contributed by atoms with Gasteiger partial charge in [0.15, 0.2) is 0 Å². The van der Waals surface area contributed by atoms with E-state index >= 15 is 0 Å². The highest BCUT2D eigenvalue weighted by molar-refractivity contribution is 5.96. The molecule has 0 unspecified atom stereocenters. The molecule has 1 aliphatic rings. The molecule has 2 aromatic carbocycles. The second kappa shape index (κ2) is 11.0. The van der Waals surface area contributed by atoms with Crippen molar-refractivity contribution < 1.29 is 19.1 Å². The first-order chi connectivity index (χ1) is 15.7. The number of rotatable bonds is 6. The van der Waals surface area contributed by atoms with Crippen LogP contribution in [0.25, 0.3) is 0 Å². The van der Waals surface area contributed by atoms with Gasteiger partial charge >= 0.3 is 6.09 Å². The first-order valence-electron chi connectivity index (χ1n) is 11.1. The lowest BCUT2D eigenvalue weighted by Crippen LogP contribution is -2.51. The Morgan fingerprint density at radius 3 is 2.30 bits per heavy atom. The van der Waals surface area contributed by atoms with Gasteiger partial charge in [0, 0.05) is 44.0 Å². The molecule has 1 fully saturated rings. The number of carbonyl (C=O) groups excluding carboxylic acids is 3. The summed E-state index contributed by atoms with van der Waals surface area (Å²) in [5.41, 5.74) is 1.46. The highest BCUT2D eigenvalue weighted by atomic mass is 16.6. The number of nitrogens with one attached hydrogen (secondary N) is 2. The number of nitrogens with zero attached hydrogens (tertiary/aromatic N) is 2. The molecule has 2 N–H and O–H groups in total. The van der Waals surface area contributed by atoms with Gasteiger partial charge in [-0.15, -0.1) is 0 Å². The van der Waals surface area contributed by atoms with E-state index in [0.29, 0.717) is 50.5 Å². The number of benzene rings is 2. The zero-order valence-electron chi connectivity index (χ0n) is 19.5. The van der Waals surface area contributed by atoms with Crippen LogP contribution in [0.5, 0.6) is 0 Å². The van der Waals surface area contributed by atoms with E-state index < -0.39 is 11.7 Å². The van der Waals surface area contributed by atoms with E-state index in [0.717, 1.165) is 5.56 Å². The predicted octanol–water partition coefficient (Wildman–Crippen LogP) is 3.11. The van der Waals surface area contributed by atoms with E-state index in [1.54, 1.807) is 49.9 Å². The van der Waals surface area contributed by atoms with Crippen molar-refractivity contribution in [2.45, 2.75) is 32.9 Å². The minimum absolute atomic E-state index is 0.0282. The summed E-state index contributed by atoms with van der Waals surface area (Å²) >= 11 is 0. The van der Waals surface area contributed by atoms with Crippen molar-refractivity contribution in [3.63, 3.8) is 0 Å². The van der Waals surface area contributed by atoms with Gasteiger partial charge in [-0.1, -0.05) is 36.4 Å². The van der Waals surface area contributed by atoms with E-state index in [2.05, 4.69) is 10.6 Å². The topological polar surface area (TPSA) is 91.0 Å². The third-order valence-corrected chi connectivity index (χ3v) is 5.11. The maximum atomic E-state index is 12.9. The van der Waals surface area contributed by atoms with Crippen molar-refractivity contribution >= 4 is 23.6 Å². The van der Waals surface area contributed by atoms with Crippen LogP contribution in [0.1, 0.15) is 36.7 Å². The lowest BCUT2D eigenvalue weighted by atomic mass is 10.1. The number of carbonyl (C=O) groups is 3. The predicted molar refractivity (Wildman–Crippen MR) is 127 cm³/mol. The molecule has 1 heterocycles. The van der Waals surface area contributed by atoms with Crippen molar-refractivity contribution in [2.24, 2.45) is 0 Å². The first-order valence-corrected chi connectivity index (χ1v) is 11.1. The largest absolute Gasteiger partial charge is 0.444 e. The van der Waals surface area contributed by atoms with Gasteiger partial charge in [-0.25, -0.2) is 4.79 Å². The Balaban J connectivity index is 1.46. The molecular formula is C25H32N4O4. The summed E-state index contributed by atoms with van der Waals surface area (Å²) in [4.78, 5) is 41.0. The Bertz CT molecular complexity index is 964. The van der Waals surface area contributed by atoms with Gasteiger partial charge in [-0.2, -0.15) is 0 Å². The zero-order chi connectivity index (χ0) is 23.8. The fraction of sp³-hybridized carbons (Fsp3) is 0.400. The lowest BCUT2D eigenvalue weighted by Gasteiger charge is -2.34. The van der Waals surface area contributed by atoms with Crippen molar-refractivity contribution in [3.05, 3.63) is 65.7 Å². The molecule has 0 saturated carbocycles. The fourth-order valence-corrected chi connectivity index (χ4v) is 3.50. The smallest absolute Gasteiger partial charge is 0.412 e. The molecule has 8 heteroatoms. The summed E-state index contributed by atoms with van der Waals surface area (Å²) < 4.78 is 5.26. The minimum Gasteiger partial charge on any atom is -0.444 e. The van der Waals surface area contributed by atoms with E-state index in [1.807, 2.05) is 35.2 Å².